The second kappa shape index (κ2) is 6.22. The first-order valence-electron chi connectivity index (χ1n) is 7.88. The molecule has 3 unspecified atom stereocenters. The van der Waals surface area contributed by atoms with Crippen LogP contribution in [0.5, 0.6) is 0 Å². The minimum Gasteiger partial charge on any atom is -0.492 e. The maximum absolute atomic E-state index is 12.3. The van der Waals surface area contributed by atoms with E-state index in [0.29, 0.717) is 11.8 Å². The Hall–Kier alpha value is -1.04. The molecule has 120 valence electrons. The van der Waals surface area contributed by atoms with Crippen LogP contribution >= 0.6 is 11.8 Å². The van der Waals surface area contributed by atoms with E-state index in [1.165, 1.54) is 18.7 Å². The van der Waals surface area contributed by atoms with Crippen LogP contribution in [0.1, 0.15) is 12.8 Å². The summed E-state index contributed by atoms with van der Waals surface area (Å²) in [7, 11) is 6.10. The SMILES string of the molecule is COC1=CSC(CC2=CC=CC[N+]2(C)C2CCN(C)C2)C1=O. The molecular weight excluding hydrogens is 296 g/mol. The highest BCUT2D eigenvalue weighted by atomic mass is 32.2. The normalized spacial score (nSPS) is 35.7. The topological polar surface area (TPSA) is 29.5 Å². The molecule has 0 spiro atoms. The fourth-order valence-corrected chi connectivity index (χ4v) is 4.69. The van der Waals surface area contributed by atoms with Crippen LogP contribution in [0.2, 0.25) is 0 Å². The summed E-state index contributed by atoms with van der Waals surface area (Å²) in [5, 5.41) is 1.84. The third kappa shape index (κ3) is 2.77. The summed E-state index contributed by atoms with van der Waals surface area (Å²) in [5.41, 5.74) is 1.37. The maximum atomic E-state index is 12.3. The minimum atomic E-state index is -0.0238. The van der Waals surface area contributed by atoms with Crippen molar-refractivity contribution >= 4 is 17.5 Å². The number of ketones is 1. The van der Waals surface area contributed by atoms with Gasteiger partial charge in [-0.25, -0.2) is 0 Å². The van der Waals surface area contributed by atoms with Crippen LogP contribution < -0.4 is 0 Å². The van der Waals surface area contributed by atoms with Crippen LogP contribution in [0, 0.1) is 0 Å². The van der Waals surface area contributed by atoms with Gasteiger partial charge in [0.05, 0.1) is 26.0 Å². The summed E-state index contributed by atoms with van der Waals surface area (Å²) >= 11 is 1.60. The number of ether oxygens (including phenoxy) is 1. The van der Waals surface area contributed by atoms with Gasteiger partial charge in [-0.15, -0.1) is 11.8 Å². The van der Waals surface area contributed by atoms with Crippen molar-refractivity contribution in [2.45, 2.75) is 24.1 Å². The lowest BCUT2D eigenvalue weighted by Crippen LogP contribution is -2.53. The Morgan fingerprint density at radius 1 is 1.50 bits per heavy atom. The highest BCUT2D eigenvalue weighted by molar-refractivity contribution is 8.04. The van der Waals surface area contributed by atoms with Gasteiger partial charge in [-0.05, 0) is 19.2 Å². The molecule has 0 aromatic heterocycles. The van der Waals surface area contributed by atoms with E-state index in [4.69, 9.17) is 4.74 Å². The van der Waals surface area contributed by atoms with E-state index in [1.807, 2.05) is 5.41 Å². The van der Waals surface area contributed by atoms with E-state index < -0.39 is 0 Å². The van der Waals surface area contributed by atoms with Gasteiger partial charge in [0.15, 0.2) is 5.76 Å². The molecule has 0 bridgehead atoms. The van der Waals surface area contributed by atoms with Gasteiger partial charge < -0.3 is 9.64 Å². The van der Waals surface area contributed by atoms with Crippen molar-refractivity contribution in [1.82, 2.24) is 4.90 Å². The number of rotatable bonds is 4. The van der Waals surface area contributed by atoms with Crippen molar-refractivity contribution in [3.05, 3.63) is 35.1 Å². The molecule has 0 saturated carbocycles. The molecule has 0 aromatic rings. The smallest absolute Gasteiger partial charge is 0.211 e. The third-order valence-corrected chi connectivity index (χ3v) is 6.29. The van der Waals surface area contributed by atoms with Crippen LogP contribution in [-0.4, -0.2) is 67.3 Å². The lowest BCUT2D eigenvalue weighted by atomic mass is 10.0. The first-order chi connectivity index (χ1) is 10.5. The van der Waals surface area contributed by atoms with Crippen LogP contribution in [0.4, 0.5) is 0 Å². The first-order valence-corrected chi connectivity index (χ1v) is 8.82. The van der Waals surface area contributed by atoms with Crippen LogP contribution in [0.3, 0.4) is 0 Å². The summed E-state index contributed by atoms with van der Waals surface area (Å²) < 4.78 is 6.11. The predicted octanol–water partition coefficient (Wildman–Crippen LogP) is 2.15. The van der Waals surface area contributed by atoms with Crippen molar-refractivity contribution in [3.63, 3.8) is 0 Å². The van der Waals surface area contributed by atoms with Gasteiger partial charge >= 0.3 is 0 Å². The molecule has 3 aliphatic rings. The molecule has 1 fully saturated rings. The Kier molecular flexibility index (Phi) is 4.48. The number of likely N-dealkylation sites (N-methyl/N-ethyl adjacent to an activating group) is 2. The summed E-state index contributed by atoms with van der Waals surface area (Å²) in [5.74, 6) is 0.648. The van der Waals surface area contributed by atoms with E-state index in [1.54, 1.807) is 18.9 Å². The van der Waals surface area contributed by atoms with Crippen molar-refractivity contribution in [3.8, 4) is 0 Å². The summed E-state index contributed by atoms with van der Waals surface area (Å²) in [6.45, 7) is 3.33. The number of nitrogens with zero attached hydrogens (tertiary/aromatic N) is 2. The largest absolute Gasteiger partial charge is 0.492 e. The van der Waals surface area contributed by atoms with E-state index in [0.717, 1.165) is 24.0 Å². The molecule has 0 amide bonds. The van der Waals surface area contributed by atoms with Gasteiger partial charge in [0.25, 0.3) is 0 Å². The molecule has 4 nitrogen and oxygen atoms in total. The number of hydrogen-bond acceptors (Lipinski definition) is 4. The van der Waals surface area contributed by atoms with Crippen LogP contribution in [0.25, 0.3) is 0 Å². The number of quaternary nitrogens is 1. The van der Waals surface area contributed by atoms with Gasteiger partial charge in [-0.1, -0.05) is 6.08 Å². The molecule has 1 saturated heterocycles. The highest BCUT2D eigenvalue weighted by Crippen LogP contribution is 2.37. The first kappa shape index (κ1) is 15.8. The molecule has 3 rings (SSSR count). The van der Waals surface area contributed by atoms with E-state index in [2.05, 4.69) is 37.2 Å². The fraction of sp³-hybridized carbons (Fsp3) is 0.588. The Morgan fingerprint density at radius 2 is 2.32 bits per heavy atom. The lowest BCUT2D eigenvalue weighted by molar-refractivity contribution is -0.892. The minimum absolute atomic E-state index is 0.0238. The Bertz CT molecular complexity index is 555. The van der Waals surface area contributed by atoms with Crippen molar-refractivity contribution in [2.24, 2.45) is 0 Å². The number of methoxy groups -OCH3 is 1. The molecule has 0 N–H and O–H groups in total. The number of allylic oxidation sites excluding steroid dienone is 4. The molecule has 3 aliphatic heterocycles. The van der Waals surface area contributed by atoms with Crippen molar-refractivity contribution in [2.75, 3.05) is 40.8 Å². The molecule has 0 radical (unpaired) electrons. The number of likely N-dealkylation sites (tertiary alicyclic amines) is 1. The zero-order chi connectivity index (χ0) is 15.7. The maximum Gasteiger partial charge on any atom is 0.211 e. The number of carbonyl (C=O) groups is 1. The Morgan fingerprint density at radius 3 is 2.95 bits per heavy atom. The van der Waals surface area contributed by atoms with Crippen molar-refractivity contribution in [1.29, 1.82) is 0 Å². The summed E-state index contributed by atoms with van der Waals surface area (Å²) in [6, 6.07) is 0.623. The average molecular weight is 321 g/mol. The zero-order valence-corrected chi connectivity index (χ0v) is 14.4. The average Bonchev–Trinajstić information content (AvgIpc) is 3.09. The van der Waals surface area contributed by atoms with Gasteiger partial charge in [0.1, 0.15) is 18.3 Å². The second-order valence-electron chi connectivity index (χ2n) is 6.62. The number of Topliss-reactive ketones (excluding diaryl/α,β-unsaturated/α-hetero) is 1. The zero-order valence-electron chi connectivity index (χ0n) is 13.6. The van der Waals surface area contributed by atoms with E-state index in [9.17, 15) is 4.79 Å². The third-order valence-electron chi connectivity index (χ3n) is 5.23. The molecule has 3 heterocycles. The molecule has 0 aromatic carbocycles. The standard InChI is InChI=1S/C17H25N2O2S/c1-18-8-7-14(11-18)19(2)9-5-4-6-13(19)10-16-17(20)15(21-3)12-22-16/h4-6,12,14,16H,7-11H2,1-3H3/q+1. The number of carbonyl (C=O) groups excluding carboxylic acids is 1. The van der Waals surface area contributed by atoms with E-state index >= 15 is 0 Å². The quantitative estimate of drug-likeness (QED) is 0.742. The number of thioether (sulfide) groups is 1. The Balaban J connectivity index is 1.75. The van der Waals surface area contributed by atoms with Gasteiger partial charge in [-0.3, -0.25) is 9.28 Å². The summed E-state index contributed by atoms with van der Waals surface area (Å²) in [6.07, 6.45) is 8.66. The second-order valence-corrected chi connectivity index (χ2v) is 7.70. The van der Waals surface area contributed by atoms with Gasteiger partial charge in [-0.2, -0.15) is 0 Å². The molecular formula is C17H25N2O2S+. The molecule has 22 heavy (non-hydrogen) atoms. The number of hydrogen-bond donors (Lipinski definition) is 0. The summed E-state index contributed by atoms with van der Waals surface area (Å²) in [4.78, 5) is 14.7. The lowest BCUT2D eigenvalue weighted by Gasteiger charge is -2.42. The monoisotopic (exact) mass is 321 g/mol. The van der Waals surface area contributed by atoms with Crippen LogP contribution in [0.15, 0.2) is 35.1 Å². The van der Waals surface area contributed by atoms with Gasteiger partial charge in [0.2, 0.25) is 5.78 Å². The fourth-order valence-electron chi connectivity index (χ4n) is 3.69. The van der Waals surface area contributed by atoms with Crippen molar-refractivity contribution < 1.29 is 14.0 Å². The molecule has 0 aliphatic carbocycles. The van der Waals surface area contributed by atoms with E-state index in [-0.39, 0.29) is 11.0 Å². The molecule has 3 atom stereocenters. The predicted molar refractivity (Wildman–Crippen MR) is 90.3 cm³/mol. The Labute approximate surface area is 137 Å². The molecule has 5 heteroatoms. The van der Waals surface area contributed by atoms with Crippen LogP contribution in [-0.2, 0) is 9.53 Å². The highest BCUT2D eigenvalue weighted by Gasteiger charge is 2.42. The van der Waals surface area contributed by atoms with Gasteiger partial charge in [0, 0.05) is 24.8 Å².